The van der Waals surface area contributed by atoms with Crippen LogP contribution in [0, 0.1) is 12.8 Å². The van der Waals surface area contributed by atoms with Gasteiger partial charge in [-0.2, -0.15) is 18.2 Å². The summed E-state index contributed by atoms with van der Waals surface area (Å²) in [6.07, 6.45) is -2.54. The van der Waals surface area contributed by atoms with Crippen LogP contribution in [0.2, 0.25) is 0 Å². The van der Waals surface area contributed by atoms with Gasteiger partial charge in [0.05, 0.1) is 0 Å². The molecule has 2 heterocycles. The van der Waals surface area contributed by atoms with Gasteiger partial charge in [-0.05, 0) is 32.1 Å². The average Bonchev–Trinajstić information content (AvgIpc) is 2.92. The normalized spacial score (nSPS) is 18.0. The quantitative estimate of drug-likeness (QED) is 0.853. The molecule has 0 radical (unpaired) electrons. The van der Waals surface area contributed by atoms with Gasteiger partial charge in [0, 0.05) is 23.6 Å². The van der Waals surface area contributed by atoms with Crippen molar-refractivity contribution in [3.8, 4) is 0 Å². The number of aryl methyl sites for hydroxylation is 2. The van der Waals surface area contributed by atoms with Crippen LogP contribution in [0.4, 0.5) is 13.2 Å². The molecule has 24 heavy (non-hydrogen) atoms. The molecule has 1 unspecified atom stereocenters. The molecule has 1 atom stereocenters. The van der Waals surface area contributed by atoms with Gasteiger partial charge < -0.3 is 4.52 Å². The summed E-state index contributed by atoms with van der Waals surface area (Å²) in [7, 11) is 0. The van der Waals surface area contributed by atoms with Gasteiger partial charge >= 0.3 is 6.18 Å². The van der Waals surface area contributed by atoms with Gasteiger partial charge in [0.2, 0.25) is 5.89 Å². The highest BCUT2D eigenvalue weighted by molar-refractivity contribution is 5.32. The molecule has 2 aromatic heterocycles. The van der Waals surface area contributed by atoms with E-state index < -0.39 is 11.9 Å². The molecule has 0 spiro atoms. The van der Waals surface area contributed by atoms with Crippen LogP contribution in [0.1, 0.15) is 60.7 Å². The Morgan fingerprint density at radius 2 is 1.96 bits per heavy atom. The SMILES string of the molecule is Cc1nc2c(c(C(F)(F)F)n1)CC(c1nc(CC(C)C)no1)CC2. The summed E-state index contributed by atoms with van der Waals surface area (Å²) in [4.78, 5) is 12.2. The molecular formula is C16H19F3N4O. The molecule has 8 heteroatoms. The Morgan fingerprint density at radius 3 is 2.62 bits per heavy atom. The van der Waals surface area contributed by atoms with E-state index in [0.717, 1.165) is 0 Å². The maximum Gasteiger partial charge on any atom is 0.433 e. The van der Waals surface area contributed by atoms with E-state index in [0.29, 0.717) is 42.6 Å². The second kappa shape index (κ2) is 6.14. The fourth-order valence-corrected chi connectivity index (χ4v) is 3.06. The number of hydrogen-bond donors (Lipinski definition) is 0. The number of fused-ring (bicyclic) bond motifs is 1. The van der Waals surface area contributed by atoms with Crippen LogP contribution in [-0.2, 0) is 25.4 Å². The van der Waals surface area contributed by atoms with Gasteiger partial charge in [0.1, 0.15) is 5.82 Å². The summed E-state index contributed by atoms with van der Waals surface area (Å²) in [5.74, 6) is 1.32. The van der Waals surface area contributed by atoms with Crippen LogP contribution in [0.15, 0.2) is 4.52 Å². The molecule has 130 valence electrons. The first-order chi connectivity index (χ1) is 11.2. The van der Waals surface area contributed by atoms with E-state index in [9.17, 15) is 13.2 Å². The van der Waals surface area contributed by atoms with E-state index in [1.807, 2.05) is 13.8 Å². The highest BCUT2D eigenvalue weighted by Crippen LogP contribution is 2.38. The second-order valence-electron chi connectivity index (χ2n) is 6.63. The summed E-state index contributed by atoms with van der Waals surface area (Å²) in [5.41, 5.74) is -0.197. The average molecular weight is 340 g/mol. The topological polar surface area (TPSA) is 64.7 Å². The molecule has 5 nitrogen and oxygen atoms in total. The maximum atomic E-state index is 13.3. The van der Waals surface area contributed by atoms with Crippen LogP contribution < -0.4 is 0 Å². The van der Waals surface area contributed by atoms with Gasteiger partial charge in [-0.1, -0.05) is 19.0 Å². The minimum atomic E-state index is -4.49. The molecule has 0 bridgehead atoms. The van der Waals surface area contributed by atoms with Crippen LogP contribution in [0.25, 0.3) is 0 Å². The van der Waals surface area contributed by atoms with Crippen molar-refractivity contribution in [1.29, 1.82) is 0 Å². The van der Waals surface area contributed by atoms with Crippen molar-refractivity contribution in [2.75, 3.05) is 0 Å². The van der Waals surface area contributed by atoms with E-state index >= 15 is 0 Å². The fourth-order valence-electron chi connectivity index (χ4n) is 3.06. The van der Waals surface area contributed by atoms with Crippen LogP contribution >= 0.6 is 0 Å². The molecule has 3 rings (SSSR count). The van der Waals surface area contributed by atoms with E-state index in [-0.39, 0.29) is 23.7 Å². The third kappa shape index (κ3) is 3.42. The Morgan fingerprint density at radius 1 is 1.21 bits per heavy atom. The predicted molar refractivity (Wildman–Crippen MR) is 79.4 cm³/mol. The molecule has 0 N–H and O–H groups in total. The largest absolute Gasteiger partial charge is 0.433 e. The zero-order chi connectivity index (χ0) is 17.5. The monoisotopic (exact) mass is 340 g/mol. The number of alkyl halides is 3. The molecule has 1 aliphatic rings. The first-order valence-electron chi connectivity index (χ1n) is 8.00. The second-order valence-corrected chi connectivity index (χ2v) is 6.63. The molecule has 1 aliphatic carbocycles. The lowest BCUT2D eigenvalue weighted by molar-refractivity contribution is -0.142. The summed E-state index contributed by atoms with van der Waals surface area (Å²) in [6, 6.07) is 0. The third-order valence-electron chi connectivity index (χ3n) is 4.08. The molecule has 0 amide bonds. The summed E-state index contributed by atoms with van der Waals surface area (Å²) < 4.78 is 45.2. The molecule has 0 aromatic carbocycles. The third-order valence-corrected chi connectivity index (χ3v) is 4.08. The number of hydrogen-bond acceptors (Lipinski definition) is 5. The van der Waals surface area contributed by atoms with Crippen LogP contribution in [0.5, 0.6) is 0 Å². The predicted octanol–water partition coefficient (Wildman–Crippen LogP) is 3.66. The molecule has 0 aliphatic heterocycles. The lowest BCUT2D eigenvalue weighted by Gasteiger charge is -2.24. The van der Waals surface area contributed by atoms with Crippen molar-refractivity contribution in [3.63, 3.8) is 0 Å². The van der Waals surface area contributed by atoms with Crippen molar-refractivity contribution in [1.82, 2.24) is 20.1 Å². The summed E-state index contributed by atoms with van der Waals surface area (Å²) in [5, 5.41) is 3.93. The number of aromatic nitrogens is 4. The minimum Gasteiger partial charge on any atom is -0.339 e. The van der Waals surface area contributed by atoms with E-state index in [2.05, 4.69) is 20.1 Å². The fraction of sp³-hybridized carbons (Fsp3) is 0.625. The Bertz CT molecular complexity index is 739. The molecule has 0 saturated carbocycles. The highest BCUT2D eigenvalue weighted by Gasteiger charge is 2.39. The Hall–Kier alpha value is -1.99. The van der Waals surface area contributed by atoms with Gasteiger partial charge in [0.25, 0.3) is 0 Å². The van der Waals surface area contributed by atoms with E-state index in [1.165, 1.54) is 6.92 Å². The smallest absolute Gasteiger partial charge is 0.339 e. The van der Waals surface area contributed by atoms with Crippen molar-refractivity contribution >= 4 is 0 Å². The van der Waals surface area contributed by atoms with Gasteiger partial charge in [-0.25, -0.2) is 9.97 Å². The zero-order valence-corrected chi connectivity index (χ0v) is 13.8. The molecule has 0 fully saturated rings. The number of halogens is 3. The molecule has 0 saturated heterocycles. The van der Waals surface area contributed by atoms with Gasteiger partial charge in [0.15, 0.2) is 11.5 Å². The van der Waals surface area contributed by atoms with Crippen molar-refractivity contribution in [3.05, 3.63) is 34.5 Å². The highest BCUT2D eigenvalue weighted by atomic mass is 19.4. The number of rotatable bonds is 3. The lowest BCUT2D eigenvalue weighted by Crippen LogP contribution is -2.22. The Labute approximate surface area is 137 Å². The van der Waals surface area contributed by atoms with Crippen molar-refractivity contribution in [2.24, 2.45) is 5.92 Å². The van der Waals surface area contributed by atoms with Gasteiger partial charge in [-0.3, -0.25) is 0 Å². The van der Waals surface area contributed by atoms with Crippen molar-refractivity contribution in [2.45, 2.75) is 58.5 Å². The van der Waals surface area contributed by atoms with E-state index in [4.69, 9.17) is 4.52 Å². The maximum absolute atomic E-state index is 13.3. The summed E-state index contributed by atoms with van der Waals surface area (Å²) in [6.45, 7) is 5.57. The van der Waals surface area contributed by atoms with Crippen molar-refractivity contribution < 1.29 is 17.7 Å². The Kier molecular flexibility index (Phi) is 4.31. The standard InChI is InChI=1S/C16H19F3N4O/c1-8(2)6-13-22-15(24-23-13)10-4-5-12-11(7-10)14(16(17,18)19)21-9(3)20-12/h8,10H,4-7H2,1-3H3. The first kappa shape index (κ1) is 16.9. The number of nitrogens with zero attached hydrogens (tertiary/aromatic N) is 4. The Balaban J connectivity index is 1.90. The summed E-state index contributed by atoms with van der Waals surface area (Å²) >= 11 is 0. The zero-order valence-electron chi connectivity index (χ0n) is 13.8. The van der Waals surface area contributed by atoms with E-state index in [1.54, 1.807) is 0 Å². The first-order valence-corrected chi connectivity index (χ1v) is 8.00. The van der Waals surface area contributed by atoms with Crippen LogP contribution in [0.3, 0.4) is 0 Å². The molecular weight excluding hydrogens is 321 g/mol. The minimum absolute atomic E-state index is 0.150. The lowest BCUT2D eigenvalue weighted by atomic mass is 9.85. The van der Waals surface area contributed by atoms with Crippen LogP contribution in [-0.4, -0.2) is 20.1 Å². The van der Waals surface area contributed by atoms with Gasteiger partial charge in [-0.15, -0.1) is 0 Å². The molecule has 2 aromatic rings.